The number of alkyl halides is 3. The minimum atomic E-state index is -4.43. The Kier molecular flexibility index (Phi) is 3.87. The second-order valence-corrected chi connectivity index (χ2v) is 6.98. The molecule has 2 N–H and O–H groups in total. The first-order valence-electron chi connectivity index (χ1n) is 8.59. The van der Waals surface area contributed by atoms with Crippen LogP contribution in [0.5, 0.6) is 0 Å². The summed E-state index contributed by atoms with van der Waals surface area (Å²) >= 11 is 0. The molecular weight excluding hydrogens is 373 g/mol. The van der Waals surface area contributed by atoms with E-state index < -0.39 is 28.8 Å². The highest BCUT2D eigenvalue weighted by Crippen LogP contribution is 2.54. The van der Waals surface area contributed by atoms with E-state index in [0.717, 1.165) is 16.6 Å². The lowest BCUT2D eigenvalue weighted by atomic mass is 9.89. The zero-order valence-electron chi connectivity index (χ0n) is 14.7. The van der Waals surface area contributed by atoms with Crippen molar-refractivity contribution in [2.75, 3.05) is 0 Å². The molecule has 4 rings (SSSR count). The molecule has 2 aromatic heterocycles. The number of benzene rings is 1. The molecule has 1 aliphatic rings. The molecule has 28 heavy (non-hydrogen) atoms. The molecular formula is C19H15F3N4O2. The van der Waals surface area contributed by atoms with E-state index in [9.17, 15) is 28.3 Å². The van der Waals surface area contributed by atoms with Crippen molar-refractivity contribution in [3.8, 4) is 6.07 Å². The first-order valence-corrected chi connectivity index (χ1v) is 8.59. The number of halogens is 3. The van der Waals surface area contributed by atoms with E-state index in [1.807, 2.05) is 0 Å². The van der Waals surface area contributed by atoms with Crippen molar-refractivity contribution in [2.45, 2.75) is 37.5 Å². The highest BCUT2D eigenvalue weighted by Gasteiger charge is 2.49. The van der Waals surface area contributed by atoms with Gasteiger partial charge in [0.15, 0.2) is 5.65 Å². The van der Waals surface area contributed by atoms with Crippen LogP contribution in [0, 0.1) is 11.3 Å². The first-order chi connectivity index (χ1) is 13.2. The van der Waals surface area contributed by atoms with Gasteiger partial charge in [-0.1, -0.05) is 12.1 Å². The molecule has 2 heterocycles. The van der Waals surface area contributed by atoms with E-state index in [1.165, 1.54) is 25.3 Å². The van der Waals surface area contributed by atoms with Crippen LogP contribution in [0.3, 0.4) is 0 Å². The number of aliphatic hydroxyl groups excluding tert-OH is 1. The van der Waals surface area contributed by atoms with Crippen LogP contribution in [0.25, 0.3) is 5.65 Å². The van der Waals surface area contributed by atoms with Gasteiger partial charge in [0.1, 0.15) is 11.6 Å². The standard InChI is InChI=1S/C19H15F3N4O2/c1-10(27)14-9-24-16-13(8-23)15(25-26(16)17(14)28)18(6-7-18)11-2-4-12(5-3-11)19(20,21)22/h2-5,9-10,25,27H,6-7H2,1H3. The first kappa shape index (κ1) is 18.3. The maximum atomic E-state index is 12.8. The van der Waals surface area contributed by atoms with Crippen molar-refractivity contribution in [2.24, 2.45) is 0 Å². The Morgan fingerprint density at radius 1 is 1.32 bits per heavy atom. The monoisotopic (exact) mass is 388 g/mol. The number of aliphatic hydroxyl groups is 1. The molecule has 144 valence electrons. The number of aromatic amines is 1. The summed E-state index contributed by atoms with van der Waals surface area (Å²) in [4.78, 5) is 16.7. The van der Waals surface area contributed by atoms with E-state index in [4.69, 9.17) is 0 Å². The Labute approximate surface area is 156 Å². The van der Waals surface area contributed by atoms with Crippen molar-refractivity contribution in [1.29, 1.82) is 5.26 Å². The Hall–Kier alpha value is -3.12. The van der Waals surface area contributed by atoms with Crippen molar-refractivity contribution >= 4 is 5.65 Å². The van der Waals surface area contributed by atoms with Crippen LogP contribution < -0.4 is 5.56 Å². The second kappa shape index (κ2) is 5.94. The summed E-state index contributed by atoms with van der Waals surface area (Å²) in [6.45, 7) is 1.43. The lowest BCUT2D eigenvalue weighted by Crippen LogP contribution is -2.21. The molecule has 9 heteroatoms. The predicted octanol–water partition coefficient (Wildman–Crippen LogP) is 3.05. The lowest BCUT2D eigenvalue weighted by molar-refractivity contribution is -0.137. The summed E-state index contributed by atoms with van der Waals surface area (Å²) in [5.41, 5.74) is -0.477. The van der Waals surface area contributed by atoms with Gasteiger partial charge in [-0.25, -0.2) is 4.98 Å². The largest absolute Gasteiger partial charge is 0.416 e. The van der Waals surface area contributed by atoms with Crippen molar-refractivity contribution in [3.63, 3.8) is 0 Å². The minimum Gasteiger partial charge on any atom is -0.388 e. The number of nitrogens with one attached hydrogen (secondary N) is 1. The number of H-pyrrole nitrogens is 1. The zero-order chi connectivity index (χ0) is 20.3. The number of nitriles is 1. The summed E-state index contributed by atoms with van der Waals surface area (Å²) < 4.78 is 39.6. The number of hydrogen-bond acceptors (Lipinski definition) is 4. The fourth-order valence-corrected chi connectivity index (χ4v) is 3.55. The molecule has 1 fully saturated rings. The predicted molar refractivity (Wildman–Crippen MR) is 92.6 cm³/mol. The molecule has 1 aliphatic carbocycles. The van der Waals surface area contributed by atoms with Gasteiger partial charge in [0, 0.05) is 11.6 Å². The Balaban J connectivity index is 1.88. The number of hydrogen-bond donors (Lipinski definition) is 2. The molecule has 1 unspecified atom stereocenters. The van der Waals surface area contributed by atoms with Crippen molar-refractivity contribution < 1.29 is 18.3 Å². The lowest BCUT2D eigenvalue weighted by Gasteiger charge is -2.16. The van der Waals surface area contributed by atoms with Gasteiger partial charge in [-0.3, -0.25) is 9.89 Å². The third-order valence-electron chi connectivity index (χ3n) is 5.24. The molecule has 0 spiro atoms. The van der Waals surface area contributed by atoms with Crippen LogP contribution >= 0.6 is 0 Å². The van der Waals surface area contributed by atoms with Crippen LogP contribution in [-0.2, 0) is 11.6 Å². The third kappa shape index (κ3) is 2.60. The van der Waals surface area contributed by atoms with Gasteiger partial charge < -0.3 is 5.11 Å². The third-order valence-corrected chi connectivity index (χ3v) is 5.24. The van der Waals surface area contributed by atoms with Gasteiger partial charge in [-0.15, -0.1) is 0 Å². The summed E-state index contributed by atoms with van der Waals surface area (Å²) in [5, 5.41) is 22.3. The van der Waals surface area contributed by atoms with E-state index in [1.54, 1.807) is 0 Å². The van der Waals surface area contributed by atoms with Crippen LogP contribution in [0.2, 0.25) is 0 Å². The molecule has 1 aromatic carbocycles. The zero-order valence-corrected chi connectivity index (χ0v) is 14.7. The molecule has 6 nitrogen and oxygen atoms in total. The average Bonchev–Trinajstić information content (AvgIpc) is 3.36. The second-order valence-electron chi connectivity index (χ2n) is 6.98. The number of aromatic nitrogens is 3. The molecule has 3 aromatic rings. The molecule has 1 atom stereocenters. The summed E-state index contributed by atoms with van der Waals surface area (Å²) in [5.74, 6) is 0. The fraction of sp³-hybridized carbons (Fsp3) is 0.316. The summed E-state index contributed by atoms with van der Waals surface area (Å²) in [7, 11) is 0. The topological polar surface area (TPSA) is 94.2 Å². The van der Waals surface area contributed by atoms with Gasteiger partial charge in [0.25, 0.3) is 5.56 Å². The van der Waals surface area contributed by atoms with Crippen LogP contribution in [0.1, 0.15) is 53.8 Å². The maximum Gasteiger partial charge on any atom is 0.416 e. The Morgan fingerprint density at radius 3 is 2.46 bits per heavy atom. The molecule has 0 aliphatic heterocycles. The van der Waals surface area contributed by atoms with Gasteiger partial charge in [0.05, 0.1) is 22.9 Å². The summed E-state index contributed by atoms with van der Waals surface area (Å²) in [6, 6.07) is 6.88. The van der Waals surface area contributed by atoms with Crippen LogP contribution in [-0.4, -0.2) is 19.7 Å². The Bertz CT molecular complexity index is 1160. The van der Waals surface area contributed by atoms with E-state index in [2.05, 4.69) is 16.2 Å². The normalized spacial score (nSPS) is 16.7. The van der Waals surface area contributed by atoms with Crippen LogP contribution in [0.4, 0.5) is 13.2 Å². The van der Waals surface area contributed by atoms with E-state index in [-0.39, 0.29) is 16.8 Å². The van der Waals surface area contributed by atoms with Gasteiger partial charge in [-0.05, 0) is 37.5 Å². The highest BCUT2D eigenvalue weighted by atomic mass is 19.4. The number of fused-ring (bicyclic) bond motifs is 1. The quantitative estimate of drug-likeness (QED) is 0.721. The fourth-order valence-electron chi connectivity index (χ4n) is 3.55. The Morgan fingerprint density at radius 2 is 1.96 bits per heavy atom. The average molecular weight is 388 g/mol. The minimum absolute atomic E-state index is 0.0779. The maximum absolute atomic E-state index is 12.8. The highest BCUT2D eigenvalue weighted by molar-refractivity contribution is 5.62. The molecule has 0 radical (unpaired) electrons. The number of rotatable bonds is 3. The smallest absolute Gasteiger partial charge is 0.388 e. The molecule has 1 saturated carbocycles. The number of nitrogens with zero attached hydrogens (tertiary/aromatic N) is 3. The van der Waals surface area contributed by atoms with Crippen LogP contribution in [0.15, 0.2) is 35.3 Å². The van der Waals surface area contributed by atoms with E-state index in [0.29, 0.717) is 24.1 Å². The van der Waals surface area contributed by atoms with Gasteiger partial charge >= 0.3 is 6.18 Å². The SMILES string of the molecule is CC(O)c1cnc2c(C#N)c(C3(c4ccc(C(F)(F)F)cc4)CC3)[nH]n2c1=O. The van der Waals surface area contributed by atoms with Crippen molar-refractivity contribution in [1.82, 2.24) is 14.6 Å². The molecule has 0 amide bonds. The van der Waals surface area contributed by atoms with Crippen molar-refractivity contribution in [3.05, 3.63) is 68.8 Å². The van der Waals surface area contributed by atoms with Gasteiger partial charge in [0.2, 0.25) is 0 Å². The molecule has 0 saturated heterocycles. The molecule has 0 bridgehead atoms. The summed E-state index contributed by atoms with van der Waals surface area (Å²) in [6.07, 6.45) is -2.98. The van der Waals surface area contributed by atoms with E-state index >= 15 is 0 Å². The van der Waals surface area contributed by atoms with Gasteiger partial charge in [-0.2, -0.15) is 22.9 Å².